The minimum absolute atomic E-state index is 0.222. The first-order valence-corrected chi connectivity index (χ1v) is 5.79. The summed E-state index contributed by atoms with van der Waals surface area (Å²) in [6.07, 6.45) is 3.23. The number of carbonyl (C=O) groups is 1. The lowest BCUT2D eigenvalue weighted by molar-refractivity contribution is -0.144. The molecule has 0 radical (unpaired) electrons. The highest BCUT2D eigenvalue weighted by Gasteiger charge is 2.48. The number of hydrogen-bond donors (Lipinski definition) is 2. The molecule has 1 aliphatic carbocycles. The van der Waals surface area contributed by atoms with Crippen LogP contribution in [0.5, 0.6) is 0 Å². The predicted octanol–water partition coefficient (Wildman–Crippen LogP) is 0.676. The van der Waals surface area contributed by atoms with Crippen LogP contribution in [-0.2, 0) is 4.79 Å². The highest BCUT2D eigenvalue weighted by molar-refractivity contribution is 5.79. The van der Waals surface area contributed by atoms with Gasteiger partial charge in [-0.3, -0.25) is 15.0 Å². The zero-order valence-electron chi connectivity index (χ0n) is 9.49. The van der Waals surface area contributed by atoms with Gasteiger partial charge in [-0.1, -0.05) is 0 Å². The monoisotopic (exact) mass is 212 g/mol. The molecule has 0 spiro atoms. The van der Waals surface area contributed by atoms with E-state index >= 15 is 0 Å². The second-order valence-electron chi connectivity index (χ2n) is 5.14. The van der Waals surface area contributed by atoms with Crippen molar-refractivity contribution in [2.24, 2.45) is 0 Å². The molecule has 0 aromatic rings. The van der Waals surface area contributed by atoms with Gasteiger partial charge in [-0.05, 0) is 33.1 Å². The number of rotatable bonds is 4. The Morgan fingerprint density at radius 3 is 2.67 bits per heavy atom. The summed E-state index contributed by atoms with van der Waals surface area (Å²) < 4.78 is 0. The van der Waals surface area contributed by atoms with E-state index < -0.39 is 11.5 Å². The van der Waals surface area contributed by atoms with Gasteiger partial charge in [0.05, 0.1) is 0 Å². The smallest absolute Gasteiger partial charge is 0.325 e. The summed E-state index contributed by atoms with van der Waals surface area (Å²) in [7, 11) is 0. The first kappa shape index (κ1) is 10.9. The summed E-state index contributed by atoms with van der Waals surface area (Å²) in [5.41, 5.74) is -0.698. The quantitative estimate of drug-likeness (QED) is 0.719. The Labute approximate surface area is 90.6 Å². The normalized spacial score (nSPS) is 32.5. The van der Waals surface area contributed by atoms with E-state index in [0.29, 0.717) is 12.6 Å². The van der Waals surface area contributed by atoms with E-state index in [0.717, 1.165) is 13.0 Å². The van der Waals surface area contributed by atoms with E-state index in [1.807, 2.05) is 13.8 Å². The minimum Gasteiger partial charge on any atom is -0.480 e. The molecule has 86 valence electrons. The molecular weight excluding hydrogens is 192 g/mol. The zero-order chi connectivity index (χ0) is 11.1. The maximum atomic E-state index is 11.4. The molecule has 0 amide bonds. The molecule has 0 bridgehead atoms. The van der Waals surface area contributed by atoms with Gasteiger partial charge >= 0.3 is 5.97 Å². The fourth-order valence-electron chi connectivity index (χ4n) is 2.50. The van der Waals surface area contributed by atoms with Crippen molar-refractivity contribution in [3.8, 4) is 0 Å². The Morgan fingerprint density at radius 1 is 1.53 bits per heavy atom. The number of carboxylic acid groups (broad SMARTS) is 1. The van der Waals surface area contributed by atoms with Crippen molar-refractivity contribution in [1.29, 1.82) is 0 Å². The van der Waals surface area contributed by atoms with Crippen LogP contribution < -0.4 is 5.32 Å². The third kappa shape index (κ3) is 2.16. The van der Waals surface area contributed by atoms with Gasteiger partial charge in [0.1, 0.15) is 5.54 Å². The third-order valence-electron chi connectivity index (χ3n) is 3.34. The Kier molecular flexibility index (Phi) is 2.73. The van der Waals surface area contributed by atoms with Gasteiger partial charge in [0.25, 0.3) is 0 Å². The highest BCUT2D eigenvalue weighted by atomic mass is 16.4. The predicted molar refractivity (Wildman–Crippen MR) is 57.9 cm³/mol. The molecule has 0 aromatic carbocycles. The van der Waals surface area contributed by atoms with Crippen LogP contribution in [-0.4, -0.2) is 46.7 Å². The Bertz CT molecular complexity index is 263. The van der Waals surface area contributed by atoms with E-state index in [-0.39, 0.29) is 6.04 Å². The van der Waals surface area contributed by atoms with Crippen LogP contribution in [0.25, 0.3) is 0 Å². The van der Waals surface area contributed by atoms with Gasteiger partial charge in [-0.2, -0.15) is 0 Å². The second kappa shape index (κ2) is 3.76. The average molecular weight is 212 g/mol. The SMILES string of the molecule is CC(C)NC1(C(=O)O)CCN(C2CC2)C1. The van der Waals surface area contributed by atoms with Crippen molar-refractivity contribution in [2.75, 3.05) is 13.1 Å². The number of nitrogens with zero attached hydrogens (tertiary/aromatic N) is 1. The van der Waals surface area contributed by atoms with Crippen molar-refractivity contribution < 1.29 is 9.90 Å². The largest absolute Gasteiger partial charge is 0.480 e. The van der Waals surface area contributed by atoms with Crippen molar-refractivity contribution in [1.82, 2.24) is 10.2 Å². The van der Waals surface area contributed by atoms with Gasteiger partial charge in [-0.15, -0.1) is 0 Å². The maximum absolute atomic E-state index is 11.4. The molecular formula is C11H20N2O2. The molecule has 0 aromatic heterocycles. The van der Waals surface area contributed by atoms with E-state index in [2.05, 4.69) is 10.2 Å². The Balaban J connectivity index is 2.04. The molecule has 2 fully saturated rings. The van der Waals surface area contributed by atoms with Crippen molar-refractivity contribution in [2.45, 2.75) is 50.7 Å². The van der Waals surface area contributed by atoms with Crippen molar-refractivity contribution in [3.63, 3.8) is 0 Å². The number of likely N-dealkylation sites (tertiary alicyclic amines) is 1. The summed E-state index contributed by atoms with van der Waals surface area (Å²) in [5, 5.41) is 12.6. The van der Waals surface area contributed by atoms with Gasteiger partial charge < -0.3 is 5.11 Å². The van der Waals surface area contributed by atoms with Crippen LogP contribution in [0.3, 0.4) is 0 Å². The van der Waals surface area contributed by atoms with Gasteiger partial charge in [0.2, 0.25) is 0 Å². The molecule has 1 unspecified atom stereocenters. The van der Waals surface area contributed by atoms with E-state index in [4.69, 9.17) is 0 Å². The topological polar surface area (TPSA) is 52.6 Å². The average Bonchev–Trinajstić information content (AvgIpc) is 2.88. The van der Waals surface area contributed by atoms with Crippen LogP contribution >= 0.6 is 0 Å². The lowest BCUT2D eigenvalue weighted by Crippen LogP contribution is -2.56. The molecule has 2 rings (SSSR count). The zero-order valence-corrected chi connectivity index (χ0v) is 9.49. The standard InChI is InChI=1S/C11H20N2O2/c1-8(2)12-11(10(14)15)5-6-13(7-11)9-3-4-9/h8-9,12H,3-7H2,1-2H3,(H,14,15). The summed E-state index contributed by atoms with van der Waals surface area (Å²) >= 11 is 0. The molecule has 1 saturated heterocycles. The summed E-state index contributed by atoms with van der Waals surface area (Å²) in [6, 6.07) is 0.889. The third-order valence-corrected chi connectivity index (χ3v) is 3.34. The fourth-order valence-corrected chi connectivity index (χ4v) is 2.50. The van der Waals surface area contributed by atoms with Crippen LogP contribution in [0.1, 0.15) is 33.1 Å². The first-order valence-electron chi connectivity index (χ1n) is 5.79. The van der Waals surface area contributed by atoms with Crippen LogP contribution in [0.2, 0.25) is 0 Å². The molecule has 1 atom stereocenters. The maximum Gasteiger partial charge on any atom is 0.325 e. The second-order valence-corrected chi connectivity index (χ2v) is 5.14. The lowest BCUT2D eigenvalue weighted by Gasteiger charge is -2.28. The minimum atomic E-state index is -0.698. The van der Waals surface area contributed by atoms with Gasteiger partial charge in [-0.25, -0.2) is 0 Å². The fraction of sp³-hybridized carbons (Fsp3) is 0.909. The summed E-state index contributed by atoms with van der Waals surface area (Å²) in [5.74, 6) is -0.695. The highest BCUT2D eigenvalue weighted by Crippen LogP contribution is 2.33. The molecule has 4 heteroatoms. The van der Waals surface area contributed by atoms with Crippen LogP contribution in [0.4, 0.5) is 0 Å². The Hall–Kier alpha value is -0.610. The summed E-state index contributed by atoms with van der Waals surface area (Å²) in [4.78, 5) is 13.7. The Morgan fingerprint density at radius 2 is 2.20 bits per heavy atom. The van der Waals surface area contributed by atoms with Crippen molar-refractivity contribution in [3.05, 3.63) is 0 Å². The van der Waals surface area contributed by atoms with Crippen molar-refractivity contribution >= 4 is 5.97 Å². The van der Waals surface area contributed by atoms with Crippen LogP contribution in [0.15, 0.2) is 0 Å². The number of aliphatic carboxylic acids is 1. The van der Waals surface area contributed by atoms with E-state index in [1.54, 1.807) is 0 Å². The molecule has 1 aliphatic heterocycles. The number of hydrogen-bond acceptors (Lipinski definition) is 3. The first-order chi connectivity index (χ1) is 7.03. The number of nitrogens with one attached hydrogen (secondary N) is 1. The summed E-state index contributed by atoms with van der Waals surface area (Å²) in [6.45, 7) is 5.61. The molecule has 15 heavy (non-hydrogen) atoms. The van der Waals surface area contributed by atoms with Crippen LogP contribution in [0, 0.1) is 0 Å². The lowest BCUT2D eigenvalue weighted by atomic mass is 9.98. The molecule has 1 heterocycles. The number of carboxylic acids is 1. The molecule has 4 nitrogen and oxygen atoms in total. The van der Waals surface area contributed by atoms with Gasteiger partial charge in [0, 0.05) is 25.2 Å². The van der Waals surface area contributed by atoms with E-state index in [9.17, 15) is 9.90 Å². The molecule has 2 N–H and O–H groups in total. The molecule has 1 saturated carbocycles. The van der Waals surface area contributed by atoms with Gasteiger partial charge in [0.15, 0.2) is 0 Å². The molecule has 2 aliphatic rings. The van der Waals surface area contributed by atoms with E-state index in [1.165, 1.54) is 12.8 Å².